The predicted octanol–water partition coefficient (Wildman–Crippen LogP) is 20.0. The maximum absolute atomic E-state index is 2.49. The van der Waals surface area contributed by atoms with E-state index >= 15 is 0 Å². The van der Waals surface area contributed by atoms with Crippen LogP contribution in [-0.4, -0.2) is 4.57 Å². The highest BCUT2D eigenvalue weighted by molar-refractivity contribution is 6.15. The minimum absolute atomic E-state index is 0.265. The van der Waals surface area contributed by atoms with Gasteiger partial charge >= 0.3 is 0 Å². The fourth-order valence-electron chi connectivity index (χ4n) is 14.0. The second-order valence-corrected chi connectivity index (χ2v) is 22.0. The first-order chi connectivity index (χ1) is 38.4. The van der Waals surface area contributed by atoms with Crippen molar-refractivity contribution in [2.24, 2.45) is 0 Å². The van der Waals surface area contributed by atoms with E-state index in [4.69, 9.17) is 0 Å². The van der Waals surface area contributed by atoms with Crippen LogP contribution >= 0.6 is 0 Å². The Hall–Kier alpha value is -9.76. The number of nitrogens with zero attached hydrogens (tertiary/aromatic N) is 2. The van der Waals surface area contributed by atoms with Gasteiger partial charge in [0.2, 0.25) is 0 Å². The summed E-state index contributed by atoms with van der Waals surface area (Å²) in [7, 11) is 0. The molecule has 2 aliphatic rings. The summed E-state index contributed by atoms with van der Waals surface area (Å²) in [5.41, 5.74) is 21.7. The van der Waals surface area contributed by atoms with Gasteiger partial charge in [-0.25, -0.2) is 0 Å². The van der Waals surface area contributed by atoms with Gasteiger partial charge in [-0.05, 0) is 160 Å². The highest BCUT2D eigenvalue weighted by Crippen LogP contribution is 2.57. The standard InChI is InChI=1S/C76H52N2/c1-75(2)69-45-52(34-39-62(69)63-40-37-57(47-70(63)75)77(56-36-33-49-19-9-10-20-50(49)43-56)74-46-53-21-11-12-26-59(53)60-27-13-14-29-65(60)74)51-35-42-73-67(44-51)66-30-16-18-32-72(66)78(73)58-38-41-64-61-28-15-17-31-68(61)76(71(64)48-58,54-22-5-3-6-23-54)55-24-7-4-8-25-55/h3-48H,1-2H3. The Morgan fingerprint density at radius 2 is 0.846 bits per heavy atom. The minimum atomic E-state index is -0.484. The first-order valence-corrected chi connectivity index (χ1v) is 27.3. The minimum Gasteiger partial charge on any atom is -0.310 e. The van der Waals surface area contributed by atoms with Crippen LogP contribution in [0.3, 0.4) is 0 Å². The Morgan fingerprint density at radius 3 is 1.64 bits per heavy atom. The van der Waals surface area contributed by atoms with Gasteiger partial charge in [0, 0.05) is 38.6 Å². The number of hydrogen-bond acceptors (Lipinski definition) is 1. The van der Waals surface area contributed by atoms with Crippen molar-refractivity contribution in [3.05, 3.63) is 312 Å². The van der Waals surface area contributed by atoms with E-state index in [1.807, 2.05) is 0 Å². The zero-order valence-corrected chi connectivity index (χ0v) is 43.5. The van der Waals surface area contributed by atoms with Gasteiger partial charge in [-0.1, -0.05) is 226 Å². The first-order valence-electron chi connectivity index (χ1n) is 27.3. The predicted molar refractivity (Wildman–Crippen MR) is 328 cm³/mol. The summed E-state index contributed by atoms with van der Waals surface area (Å²) in [6, 6.07) is 104. The van der Waals surface area contributed by atoms with Crippen LogP contribution in [0.5, 0.6) is 0 Å². The fourth-order valence-corrected chi connectivity index (χ4v) is 14.0. The lowest BCUT2D eigenvalue weighted by Gasteiger charge is -2.34. The smallest absolute Gasteiger partial charge is 0.0714 e. The first kappa shape index (κ1) is 44.5. The molecule has 13 aromatic carbocycles. The van der Waals surface area contributed by atoms with Crippen LogP contribution in [0.2, 0.25) is 0 Å². The van der Waals surface area contributed by atoms with Gasteiger partial charge in [0.25, 0.3) is 0 Å². The lowest BCUT2D eigenvalue weighted by atomic mass is 9.67. The molecule has 2 heteroatoms. The second-order valence-electron chi connectivity index (χ2n) is 22.0. The number of benzene rings is 13. The normalized spacial score (nSPS) is 13.7. The van der Waals surface area contributed by atoms with Crippen LogP contribution in [-0.2, 0) is 10.8 Å². The molecular formula is C76H52N2. The van der Waals surface area contributed by atoms with Crippen molar-refractivity contribution in [3.63, 3.8) is 0 Å². The van der Waals surface area contributed by atoms with Crippen molar-refractivity contribution in [1.82, 2.24) is 4.57 Å². The summed E-state index contributed by atoms with van der Waals surface area (Å²) in [4.78, 5) is 2.49. The molecule has 2 nitrogen and oxygen atoms in total. The molecule has 0 N–H and O–H groups in total. The quantitative estimate of drug-likeness (QED) is 0.145. The van der Waals surface area contributed by atoms with E-state index in [0.29, 0.717) is 0 Å². The van der Waals surface area contributed by atoms with E-state index in [9.17, 15) is 0 Å². The molecule has 0 unspecified atom stereocenters. The van der Waals surface area contributed by atoms with E-state index < -0.39 is 5.41 Å². The number of rotatable bonds is 7. The van der Waals surface area contributed by atoms with Gasteiger partial charge in [0.15, 0.2) is 0 Å². The number of fused-ring (bicyclic) bond motifs is 13. The Labute approximate surface area is 454 Å². The molecule has 0 aliphatic heterocycles. The molecule has 0 spiro atoms. The Morgan fingerprint density at radius 1 is 0.308 bits per heavy atom. The molecule has 366 valence electrons. The lowest BCUT2D eigenvalue weighted by molar-refractivity contribution is 0.660. The van der Waals surface area contributed by atoms with Crippen LogP contribution < -0.4 is 4.90 Å². The fraction of sp³-hybridized carbons (Fsp3) is 0.0526. The summed E-state index contributed by atoms with van der Waals surface area (Å²) in [6.07, 6.45) is 0. The third kappa shape index (κ3) is 6.38. The van der Waals surface area contributed by atoms with E-state index in [2.05, 4.69) is 302 Å². The molecule has 0 bridgehead atoms. The maximum Gasteiger partial charge on any atom is 0.0714 e. The van der Waals surface area contributed by atoms with Crippen LogP contribution in [0.15, 0.2) is 279 Å². The third-order valence-electron chi connectivity index (χ3n) is 17.6. The van der Waals surface area contributed by atoms with Gasteiger partial charge < -0.3 is 9.47 Å². The van der Waals surface area contributed by atoms with Crippen molar-refractivity contribution >= 4 is 71.2 Å². The van der Waals surface area contributed by atoms with E-state index in [-0.39, 0.29) is 5.41 Å². The van der Waals surface area contributed by atoms with Gasteiger partial charge in [0.05, 0.1) is 22.1 Å². The summed E-state index contributed by atoms with van der Waals surface area (Å²) in [5, 5.41) is 9.91. The molecule has 0 saturated heterocycles. The number of hydrogen-bond donors (Lipinski definition) is 0. The van der Waals surface area contributed by atoms with Crippen LogP contribution in [0.25, 0.3) is 93.2 Å². The molecule has 1 aromatic heterocycles. The van der Waals surface area contributed by atoms with Gasteiger partial charge in [0.1, 0.15) is 0 Å². The van der Waals surface area contributed by atoms with Crippen molar-refractivity contribution in [1.29, 1.82) is 0 Å². The molecule has 0 radical (unpaired) electrons. The molecule has 16 rings (SSSR count). The van der Waals surface area contributed by atoms with Crippen LogP contribution in [0.1, 0.15) is 47.2 Å². The molecule has 0 fully saturated rings. The summed E-state index contributed by atoms with van der Waals surface area (Å²) in [5.74, 6) is 0. The molecule has 0 atom stereocenters. The molecule has 0 amide bonds. The highest BCUT2D eigenvalue weighted by Gasteiger charge is 2.46. The Balaban J connectivity index is 0.814. The third-order valence-corrected chi connectivity index (χ3v) is 17.6. The summed E-state index contributed by atoms with van der Waals surface area (Å²) >= 11 is 0. The van der Waals surface area contributed by atoms with Crippen molar-refractivity contribution < 1.29 is 0 Å². The van der Waals surface area contributed by atoms with E-state index in [1.165, 1.54) is 127 Å². The second kappa shape index (κ2) is 16.9. The van der Waals surface area contributed by atoms with E-state index in [0.717, 1.165) is 17.1 Å². The van der Waals surface area contributed by atoms with E-state index in [1.54, 1.807) is 0 Å². The maximum atomic E-state index is 2.49. The average molecular weight is 993 g/mol. The summed E-state index contributed by atoms with van der Waals surface area (Å²) < 4.78 is 2.49. The summed E-state index contributed by atoms with van der Waals surface area (Å²) in [6.45, 7) is 4.82. The average Bonchev–Trinajstić information content (AvgIpc) is 4.30. The molecule has 2 aliphatic carbocycles. The van der Waals surface area contributed by atoms with Crippen molar-refractivity contribution in [3.8, 4) is 39.1 Å². The molecular weight excluding hydrogens is 941 g/mol. The number of para-hydroxylation sites is 1. The van der Waals surface area contributed by atoms with Crippen LogP contribution in [0, 0.1) is 0 Å². The largest absolute Gasteiger partial charge is 0.310 e. The van der Waals surface area contributed by atoms with Crippen molar-refractivity contribution in [2.75, 3.05) is 4.90 Å². The molecule has 14 aromatic rings. The zero-order chi connectivity index (χ0) is 51.7. The zero-order valence-electron chi connectivity index (χ0n) is 43.5. The Bertz CT molecular complexity index is 4730. The SMILES string of the molecule is CC1(C)c2cc(-c3ccc4c(c3)c3ccccc3n4-c3ccc4c(c3)C(c3ccccc3)(c3ccccc3)c3ccccc3-4)ccc2-c2ccc(N(c3ccc4ccccc4c3)c3cc4ccccc4c4ccccc34)cc21. The van der Waals surface area contributed by atoms with Crippen LogP contribution in [0.4, 0.5) is 17.1 Å². The highest BCUT2D eigenvalue weighted by atomic mass is 15.1. The van der Waals surface area contributed by atoms with Gasteiger partial charge in [-0.2, -0.15) is 0 Å². The number of anilines is 3. The number of aromatic nitrogens is 1. The Kier molecular flexibility index (Phi) is 9.63. The van der Waals surface area contributed by atoms with Crippen molar-refractivity contribution in [2.45, 2.75) is 24.7 Å². The monoisotopic (exact) mass is 992 g/mol. The molecule has 78 heavy (non-hydrogen) atoms. The molecule has 1 heterocycles. The topological polar surface area (TPSA) is 8.17 Å². The lowest BCUT2D eigenvalue weighted by Crippen LogP contribution is -2.28. The van der Waals surface area contributed by atoms with Gasteiger partial charge in [-0.15, -0.1) is 0 Å². The van der Waals surface area contributed by atoms with Gasteiger partial charge in [-0.3, -0.25) is 0 Å². The molecule has 0 saturated carbocycles.